The summed E-state index contributed by atoms with van der Waals surface area (Å²) in [6.45, 7) is 1.77. The molecule has 1 N–H and O–H groups in total. The van der Waals surface area contributed by atoms with E-state index in [9.17, 15) is 18.0 Å². The fourth-order valence-corrected chi connectivity index (χ4v) is 3.37. The van der Waals surface area contributed by atoms with Crippen LogP contribution in [-0.2, 0) is 19.5 Å². The molecular formula is C14H15F3N4OS. The Balaban J connectivity index is 1.68. The lowest BCUT2D eigenvalue weighted by Crippen LogP contribution is -2.33. The Morgan fingerprint density at radius 3 is 2.87 bits per heavy atom. The van der Waals surface area contributed by atoms with Crippen LogP contribution in [0.4, 0.5) is 13.2 Å². The Hall–Kier alpha value is -1.90. The number of thiophene rings is 1. The number of aryl methyl sites for hydroxylation is 2. The van der Waals surface area contributed by atoms with Gasteiger partial charge in [-0.15, -0.1) is 21.5 Å². The van der Waals surface area contributed by atoms with Gasteiger partial charge in [-0.05, 0) is 25.5 Å². The minimum Gasteiger partial charge on any atom is -0.344 e. The lowest BCUT2D eigenvalue weighted by molar-refractivity contribution is -0.182. The average Bonchev–Trinajstić information content (AvgIpc) is 3.09. The van der Waals surface area contributed by atoms with E-state index in [-0.39, 0.29) is 31.8 Å². The second kappa shape index (κ2) is 5.95. The first-order valence-electron chi connectivity index (χ1n) is 7.17. The van der Waals surface area contributed by atoms with Gasteiger partial charge in [0.05, 0.1) is 17.3 Å². The Morgan fingerprint density at radius 1 is 1.43 bits per heavy atom. The summed E-state index contributed by atoms with van der Waals surface area (Å²) in [6, 6.07) is 3.56. The first-order chi connectivity index (χ1) is 10.8. The van der Waals surface area contributed by atoms with Crippen LogP contribution in [0.5, 0.6) is 0 Å². The van der Waals surface area contributed by atoms with Crippen LogP contribution in [0.15, 0.2) is 12.1 Å². The van der Waals surface area contributed by atoms with Crippen molar-refractivity contribution < 1.29 is 18.0 Å². The molecule has 2 aromatic heterocycles. The number of rotatable bonds is 3. The zero-order chi connectivity index (χ0) is 16.6. The summed E-state index contributed by atoms with van der Waals surface area (Å²) in [7, 11) is 0. The number of nitrogens with zero attached hydrogens (tertiary/aromatic N) is 3. The maximum atomic E-state index is 12.9. The number of halogens is 3. The number of amides is 1. The lowest BCUT2D eigenvalue weighted by atomic mass is 9.99. The number of nitrogens with one attached hydrogen (secondary N) is 1. The van der Waals surface area contributed by atoms with Crippen LogP contribution in [0, 0.1) is 12.8 Å². The third kappa shape index (κ3) is 3.39. The second-order valence-electron chi connectivity index (χ2n) is 5.51. The van der Waals surface area contributed by atoms with Crippen molar-refractivity contribution in [3.05, 3.63) is 33.5 Å². The molecule has 0 spiro atoms. The third-order valence-electron chi connectivity index (χ3n) is 3.86. The molecule has 0 bridgehead atoms. The van der Waals surface area contributed by atoms with Gasteiger partial charge in [-0.1, -0.05) is 0 Å². The number of carbonyl (C=O) groups excluding carboxylic acids is 1. The van der Waals surface area contributed by atoms with Crippen LogP contribution < -0.4 is 5.32 Å². The van der Waals surface area contributed by atoms with Gasteiger partial charge in [-0.25, -0.2) is 0 Å². The fraction of sp³-hybridized carbons (Fsp3) is 0.500. The summed E-state index contributed by atoms with van der Waals surface area (Å²) in [6.07, 6.45) is -3.95. The van der Waals surface area contributed by atoms with E-state index in [0.29, 0.717) is 16.5 Å². The van der Waals surface area contributed by atoms with Crippen LogP contribution in [-0.4, -0.2) is 26.8 Å². The number of aromatic nitrogens is 3. The fourth-order valence-electron chi connectivity index (χ4n) is 2.58. The molecule has 0 aliphatic carbocycles. The van der Waals surface area contributed by atoms with Crippen LogP contribution >= 0.6 is 11.3 Å². The quantitative estimate of drug-likeness (QED) is 0.931. The largest absolute Gasteiger partial charge is 0.393 e. The monoisotopic (exact) mass is 344 g/mol. The van der Waals surface area contributed by atoms with Crippen molar-refractivity contribution >= 4 is 17.2 Å². The number of hydrogen-bond donors (Lipinski definition) is 1. The predicted octanol–water partition coefficient (Wildman–Crippen LogP) is 2.70. The highest BCUT2D eigenvalue weighted by molar-refractivity contribution is 7.13. The van der Waals surface area contributed by atoms with E-state index in [1.165, 1.54) is 15.9 Å². The first kappa shape index (κ1) is 16.0. The highest BCUT2D eigenvalue weighted by atomic mass is 32.1. The molecule has 1 aliphatic heterocycles. The Labute approximate surface area is 134 Å². The molecule has 2 aromatic rings. The van der Waals surface area contributed by atoms with E-state index in [0.717, 1.165) is 4.88 Å². The van der Waals surface area contributed by atoms with Gasteiger partial charge in [0.2, 0.25) is 0 Å². The minimum atomic E-state index is -4.23. The summed E-state index contributed by atoms with van der Waals surface area (Å²) in [4.78, 5) is 13.6. The summed E-state index contributed by atoms with van der Waals surface area (Å²) in [5, 5.41) is 10.5. The van der Waals surface area contributed by atoms with Gasteiger partial charge in [-0.2, -0.15) is 13.2 Å². The molecule has 23 heavy (non-hydrogen) atoms. The first-order valence-corrected chi connectivity index (χ1v) is 7.98. The predicted molar refractivity (Wildman–Crippen MR) is 78.1 cm³/mol. The molecule has 5 nitrogen and oxygen atoms in total. The third-order valence-corrected chi connectivity index (χ3v) is 4.86. The topological polar surface area (TPSA) is 59.8 Å². The van der Waals surface area contributed by atoms with Crippen molar-refractivity contribution in [1.29, 1.82) is 0 Å². The summed E-state index contributed by atoms with van der Waals surface area (Å²) in [5.74, 6) is -0.749. The molecule has 0 saturated carbocycles. The van der Waals surface area contributed by atoms with Crippen LogP contribution in [0.25, 0.3) is 0 Å². The Morgan fingerprint density at radius 2 is 2.22 bits per heavy atom. The number of fused-ring (bicyclic) bond motifs is 1. The maximum absolute atomic E-state index is 12.9. The molecule has 3 rings (SSSR count). The van der Waals surface area contributed by atoms with E-state index in [2.05, 4.69) is 15.5 Å². The summed E-state index contributed by atoms with van der Waals surface area (Å²) in [5.41, 5.74) is 0. The highest BCUT2D eigenvalue weighted by Crippen LogP contribution is 2.34. The van der Waals surface area contributed by atoms with Gasteiger partial charge >= 0.3 is 6.18 Å². The van der Waals surface area contributed by atoms with E-state index in [4.69, 9.17) is 0 Å². The van der Waals surface area contributed by atoms with Crippen molar-refractivity contribution in [2.24, 2.45) is 5.92 Å². The zero-order valence-corrected chi connectivity index (χ0v) is 13.2. The molecule has 124 valence electrons. The van der Waals surface area contributed by atoms with Crippen molar-refractivity contribution in [2.75, 3.05) is 0 Å². The van der Waals surface area contributed by atoms with Gasteiger partial charge in [0.25, 0.3) is 5.91 Å². The van der Waals surface area contributed by atoms with E-state index in [1.807, 2.05) is 13.0 Å². The van der Waals surface area contributed by atoms with E-state index < -0.39 is 12.1 Å². The molecule has 3 heterocycles. The maximum Gasteiger partial charge on any atom is 0.393 e. The zero-order valence-electron chi connectivity index (χ0n) is 12.4. The number of carbonyl (C=O) groups is 1. The molecule has 0 radical (unpaired) electrons. The van der Waals surface area contributed by atoms with Gasteiger partial charge in [0.15, 0.2) is 5.82 Å². The number of alkyl halides is 3. The van der Waals surface area contributed by atoms with Crippen molar-refractivity contribution in [2.45, 2.75) is 39.0 Å². The van der Waals surface area contributed by atoms with Crippen LogP contribution in [0.2, 0.25) is 0 Å². The summed E-state index contributed by atoms with van der Waals surface area (Å²) >= 11 is 1.36. The van der Waals surface area contributed by atoms with Gasteiger partial charge in [0, 0.05) is 17.8 Å². The van der Waals surface area contributed by atoms with E-state index >= 15 is 0 Å². The molecule has 1 aliphatic rings. The van der Waals surface area contributed by atoms with E-state index in [1.54, 1.807) is 6.07 Å². The SMILES string of the molecule is Cc1ccc(C(=O)NCc2nnc3n2C[C@H](C(F)(F)F)CC3)s1. The van der Waals surface area contributed by atoms with Crippen LogP contribution in [0.1, 0.15) is 32.6 Å². The van der Waals surface area contributed by atoms with Crippen molar-refractivity contribution in [1.82, 2.24) is 20.1 Å². The molecule has 1 atom stereocenters. The normalized spacial score (nSPS) is 17.8. The molecule has 0 fully saturated rings. The van der Waals surface area contributed by atoms with Crippen molar-refractivity contribution in [3.8, 4) is 0 Å². The molecule has 1 amide bonds. The number of hydrogen-bond acceptors (Lipinski definition) is 4. The van der Waals surface area contributed by atoms with Crippen LogP contribution in [0.3, 0.4) is 0 Å². The van der Waals surface area contributed by atoms with Gasteiger partial charge in [-0.3, -0.25) is 4.79 Å². The highest BCUT2D eigenvalue weighted by Gasteiger charge is 2.42. The molecular weight excluding hydrogens is 329 g/mol. The standard InChI is InChI=1S/C14H15F3N4OS/c1-8-2-4-10(23-8)13(22)18-6-12-20-19-11-5-3-9(7-21(11)12)14(15,16)17/h2,4,9H,3,5-7H2,1H3,(H,18,22)/t9-/m1/s1. The van der Waals surface area contributed by atoms with Gasteiger partial charge in [0.1, 0.15) is 5.82 Å². The smallest absolute Gasteiger partial charge is 0.344 e. The average molecular weight is 344 g/mol. The lowest BCUT2D eigenvalue weighted by Gasteiger charge is -2.26. The Bertz CT molecular complexity index is 722. The summed E-state index contributed by atoms with van der Waals surface area (Å²) < 4.78 is 40.1. The molecule has 9 heteroatoms. The van der Waals surface area contributed by atoms with Gasteiger partial charge < -0.3 is 9.88 Å². The molecule has 0 unspecified atom stereocenters. The second-order valence-corrected chi connectivity index (χ2v) is 6.80. The molecule has 0 aromatic carbocycles. The Kier molecular flexibility index (Phi) is 4.13. The minimum absolute atomic E-state index is 0.0302. The molecule has 0 saturated heterocycles. The van der Waals surface area contributed by atoms with Crippen molar-refractivity contribution in [3.63, 3.8) is 0 Å².